The molecular formula is C11H9BrN2O. The van der Waals surface area contributed by atoms with Crippen LogP contribution in [0.5, 0.6) is 0 Å². The summed E-state index contributed by atoms with van der Waals surface area (Å²) in [5.74, 6) is -0.0932. The van der Waals surface area contributed by atoms with Gasteiger partial charge in [0.05, 0.1) is 12.1 Å². The molecule has 0 aliphatic rings. The first kappa shape index (κ1) is 10.3. The van der Waals surface area contributed by atoms with E-state index in [4.69, 9.17) is 5.73 Å². The van der Waals surface area contributed by atoms with Crippen LogP contribution in [0.15, 0.2) is 34.9 Å². The normalized spacial score (nSPS) is 10.5. The quantitative estimate of drug-likeness (QED) is 0.846. The molecule has 0 fully saturated rings. The van der Waals surface area contributed by atoms with Crippen LogP contribution in [0.3, 0.4) is 0 Å². The Morgan fingerprint density at radius 2 is 2.20 bits per heavy atom. The summed E-state index contributed by atoms with van der Waals surface area (Å²) in [6, 6.07) is 7.55. The number of ketones is 1. The zero-order valence-electron chi connectivity index (χ0n) is 7.90. The maximum Gasteiger partial charge on any atom is 0.177 e. The van der Waals surface area contributed by atoms with E-state index in [9.17, 15) is 4.79 Å². The van der Waals surface area contributed by atoms with Crippen LogP contribution in [0.2, 0.25) is 0 Å². The largest absolute Gasteiger partial charge is 0.324 e. The van der Waals surface area contributed by atoms with Gasteiger partial charge in [0, 0.05) is 21.6 Å². The molecule has 1 aromatic carbocycles. The van der Waals surface area contributed by atoms with Crippen LogP contribution < -0.4 is 5.73 Å². The fourth-order valence-electron chi connectivity index (χ4n) is 1.37. The van der Waals surface area contributed by atoms with Crippen LogP contribution in [-0.4, -0.2) is 17.3 Å². The number of aromatic nitrogens is 1. The number of halogens is 1. The van der Waals surface area contributed by atoms with Crippen molar-refractivity contribution < 1.29 is 4.79 Å². The zero-order valence-corrected chi connectivity index (χ0v) is 9.49. The first-order valence-electron chi connectivity index (χ1n) is 4.49. The maximum absolute atomic E-state index is 11.4. The molecule has 2 N–H and O–H groups in total. The molecule has 1 heterocycles. The number of Topliss-reactive ketones (excluding diaryl/α,β-unsaturated/α-hetero) is 1. The maximum atomic E-state index is 11.4. The number of nitrogens with two attached hydrogens (primary N) is 1. The molecule has 15 heavy (non-hydrogen) atoms. The van der Waals surface area contributed by atoms with Gasteiger partial charge in [-0.15, -0.1) is 0 Å². The van der Waals surface area contributed by atoms with E-state index >= 15 is 0 Å². The summed E-state index contributed by atoms with van der Waals surface area (Å²) in [4.78, 5) is 15.6. The number of nitrogens with zero attached hydrogens (tertiary/aromatic N) is 1. The lowest BCUT2D eigenvalue weighted by atomic mass is 10.1. The van der Waals surface area contributed by atoms with Gasteiger partial charge in [-0.1, -0.05) is 15.9 Å². The number of carbonyl (C=O) groups excluding carboxylic acids is 1. The Bertz CT molecular complexity index is 525. The minimum Gasteiger partial charge on any atom is -0.324 e. The molecule has 2 aromatic rings. The van der Waals surface area contributed by atoms with E-state index < -0.39 is 0 Å². The molecule has 0 unspecified atom stereocenters. The first-order chi connectivity index (χ1) is 7.20. The molecule has 3 nitrogen and oxygen atoms in total. The molecule has 0 radical (unpaired) electrons. The highest BCUT2D eigenvalue weighted by Crippen LogP contribution is 2.19. The van der Waals surface area contributed by atoms with Crippen molar-refractivity contribution >= 4 is 32.6 Å². The van der Waals surface area contributed by atoms with Crippen molar-refractivity contribution in [3.05, 3.63) is 40.5 Å². The summed E-state index contributed by atoms with van der Waals surface area (Å²) in [5, 5.41) is 0.934. The lowest BCUT2D eigenvalue weighted by Crippen LogP contribution is -2.13. The summed E-state index contributed by atoms with van der Waals surface area (Å²) in [7, 11) is 0. The van der Waals surface area contributed by atoms with E-state index in [0.29, 0.717) is 5.56 Å². The van der Waals surface area contributed by atoms with Crippen molar-refractivity contribution in [3.63, 3.8) is 0 Å². The molecule has 4 heteroatoms. The highest BCUT2D eigenvalue weighted by molar-refractivity contribution is 9.10. The molecule has 0 bridgehead atoms. The zero-order chi connectivity index (χ0) is 10.8. The summed E-state index contributed by atoms with van der Waals surface area (Å²) < 4.78 is 0.967. The lowest BCUT2D eigenvalue weighted by Gasteiger charge is -2.01. The van der Waals surface area contributed by atoms with E-state index in [1.54, 1.807) is 6.20 Å². The summed E-state index contributed by atoms with van der Waals surface area (Å²) in [6.45, 7) is 0.0151. The second-order valence-corrected chi connectivity index (χ2v) is 4.10. The smallest absolute Gasteiger partial charge is 0.177 e. The molecule has 0 saturated carbocycles. The van der Waals surface area contributed by atoms with Crippen molar-refractivity contribution in [2.24, 2.45) is 5.73 Å². The van der Waals surface area contributed by atoms with Crippen LogP contribution >= 0.6 is 15.9 Å². The molecule has 0 atom stereocenters. The fourth-order valence-corrected chi connectivity index (χ4v) is 1.75. The number of rotatable bonds is 2. The second-order valence-electron chi connectivity index (χ2n) is 3.19. The third kappa shape index (κ3) is 2.06. The van der Waals surface area contributed by atoms with E-state index in [1.165, 1.54) is 0 Å². The Morgan fingerprint density at radius 1 is 1.40 bits per heavy atom. The highest BCUT2D eigenvalue weighted by atomic mass is 79.9. The highest BCUT2D eigenvalue weighted by Gasteiger charge is 2.05. The van der Waals surface area contributed by atoms with Gasteiger partial charge in [0.1, 0.15) is 0 Å². The second kappa shape index (κ2) is 4.08. The van der Waals surface area contributed by atoms with Gasteiger partial charge in [-0.05, 0) is 24.3 Å². The van der Waals surface area contributed by atoms with Gasteiger partial charge in [-0.25, -0.2) is 0 Å². The van der Waals surface area contributed by atoms with E-state index in [1.807, 2.05) is 24.3 Å². The van der Waals surface area contributed by atoms with Gasteiger partial charge in [0.15, 0.2) is 5.78 Å². The molecule has 0 aliphatic carbocycles. The van der Waals surface area contributed by atoms with Crippen LogP contribution in [0, 0.1) is 0 Å². The van der Waals surface area contributed by atoms with Gasteiger partial charge < -0.3 is 5.73 Å². The Kier molecular flexibility index (Phi) is 2.79. The minimum atomic E-state index is -0.0932. The topological polar surface area (TPSA) is 56.0 Å². The van der Waals surface area contributed by atoms with Gasteiger partial charge in [0.2, 0.25) is 0 Å². The SMILES string of the molecule is NCC(=O)c1cnc2ccc(Br)cc2c1. The van der Waals surface area contributed by atoms with E-state index in [0.717, 1.165) is 15.4 Å². The molecule has 76 valence electrons. The lowest BCUT2D eigenvalue weighted by molar-refractivity contribution is 0.100. The summed E-state index contributed by atoms with van der Waals surface area (Å²) in [5.41, 5.74) is 6.72. The Hall–Kier alpha value is -1.26. The first-order valence-corrected chi connectivity index (χ1v) is 5.28. The van der Waals surface area contributed by atoms with Crippen LogP contribution in [0.4, 0.5) is 0 Å². The molecule has 1 aromatic heterocycles. The van der Waals surface area contributed by atoms with Gasteiger partial charge >= 0.3 is 0 Å². The molecule has 0 aliphatic heterocycles. The number of hydrogen-bond acceptors (Lipinski definition) is 3. The third-order valence-electron chi connectivity index (χ3n) is 2.15. The molecular weight excluding hydrogens is 256 g/mol. The number of hydrogen-bond donors (Lipinski definition) is 1. The molecule has 0 saturated heterocycles. The van der Waals surface area contributed by atoms with Crippen LogP contribution in [-0.2, 0) is 0 Å². The predicted octanol–water partition coefficient (Wildman–Crippen LogP) is 2.14. The standard InChI is InChI=1S/C11H9BrN2O/c12-9-1-2-10-7(4-9)3-8(6-14-10)11(15)5-13/h1-4,6H,5,13H2. The van der Waals surface area contributed by atoms with Crippen molar-refractivity contribution in [3.8, 4) is 0 Å². The number of carbonyl (C=O) groups is 1. The minimum absolute atomic E-state index is 0.0151. The number of fused-ring (bicyclic) bond motifs is 1. The monoisotopic (exact) mass is 264 g/mol. The number of pyridine rings is 1. The predicted molar refractivity (Wildman–Crippen MR) is 62.8 cm³/mol. The third-order valence-corrected chi connectivity index (χ3v) is 2.64. The average Bonchev–Trinajstić information content (AvgIpc) is 2.27. The average molecular weight is 265 g/mol. The van der Waals surface area contributed by atoms with Crippen molar-refractivity contribution in [2.75, 3.05) is 6.54 Å². The summed E-state index contributed by atoms with van der Waals surface area (Å²) in [6.07, 6.45) is 1.56. The van der Waals surface area contributed by atoms with Crippen LogP contribution in [0.1, 0.15) is 10.4 Å². The van der Waals surface area contributed by atoms with E-state index in [2.05, 4.69) is 20.9 Å². The molecule has 2 rings (SSSR count). The van der Waals surface area contributed by atoms with Crippen molar-refractivity contribution in [2.45, 2.75) is 0 Å². The fraction of sp³-hybridized carbons (Fsp3) is 0.0909. The van der Waals surface area contributed by atoms with Crippen molar-refractivity contribution in [1.29, 1.82) is 0 Å². The Morgan fingerprint density at radius 3 is 2.93 bits per heavy atom. The van der Waals surface area contributed by atoms with Crippen molar-refractivity contribution in [1.82, 2.24) is 4.98 Å². The van der Waals surface area contributed by atoms with E-state index in [-0.39, 0.29) is 12.3 Å². The summed E-state index contributed by atoms with van der Waals surface area (Å²) >= 11 is 3.37. The molecule has 0 spiro atoms. The van der Waals surface area contributed by atoms with Gasteiger partial charge in [-0.2, -0.15) is 0 Å². The number of benzene rings is 1. The molecule has 0 amide bonds. The Labute approximate surface area is 95.4 Å². The van der Waals surface area contributed by atoms with Gasteiger partial charge in [-0.3, -0.25) is 9.78 Å². The van der Waals surface area contributed by atoms with Gasteiger partial charge in [0.25, 0.3) is 0 Å². The van der Waals surface area contributed by atoms with Crippen LogP contribution in [0.25, 0.3) is 10.9 Å². The Balaban J connectivity index is 2.59.